The zero-order chi connectivity index (χ0) is 12.7. The summed E-state index contributed by atoms with van der Waals surface area (Å²) in [7, 11) is 0. The molecule has 0 saturated heterocycles. The number of hydrogen-bond acceptors (Lipinski definition) is 3. The number of rotatable bonds is 1. The van der Waals surface area contributed by atoms with Crippen molar-refractivity contribution in [1.29, 1.82) is 0 Å². The third kappa shape index (κ3) is 2.08. The number of nitrogens with two attached hydrogens (primary N) is 1. The van der Waals surface area contributed by atoms with E-state index in [1.165, 1.54) is 33.7 Å². The average Bonchev–Trinajstić information content (AvgIpc) is 2.73. The lowest BCUT2D eigenvalue weighted by molar-refractivity contribution is 0.573. The molecule has 0 saturated carbocycles. The van der Waals surface area contributed by atoms with E-state index in [1.807, 2.05) is 0 Å². The number of nitrogens with zero attached hydrogens (tertiary/aromatic N) is 1. The van der Waals surface area contributed by atoms with Crippen LogP contribution in [0.3, 0.4) is 0 Å². The smallest absolute Gasteiger partial charge is 0.123 e. The summed E-state index contributed by atoms with van der Waals surface area (Å²) in [6, 6.07) is 6.82. The highest BCUT2D eigenvalue weighted by Gasteiger charge is 2.22. The minimum absolute atomic E-state index is 0.200. The Hall–Kier alpha value is -1.19. The Kier molecular flexibility index (Phi) is 2.96. The fourth-order valence-electron chi connectivity index (χ4n) is 2.67. The molecule has 1 unspecified atom stereocenters. The molecule has 1 heterocycles. The van der Waals surface area contributed by atoms with Gasteiger partial charge >= 0.3 is 0 Å². The Labute approximate surface area is 112 Å². The van der Waals surface area contributed by atoms with Crippen molar-refractivity contribution in [1.82, 2.24) is 4.98 Å². The molecule has 0 spiro atoms. The Bertz CT molecular complexity index is 566. The van der Waals surface area contributed by atoms with E-state index in [0.29, 0.717) is 0 Å². The third-order valence-electron chi connectivity index (χ3n) is 3.46. The summed E-state index contributed by atoms with van der Waals surface area (Å²) in [4.78, 5) is 6.09. The van der Waals surface area contributed by atoms with Crippen molar-refractivity contribution in [2.24, 2.45) is 5.73 Å². The number of aryl methyl sites for hydroxylation is 3. The van der Waals surface area contributed by atoms with Crippen molar-refractivity contribution in [3.05, 3.63) is 39.9 Å². The van der Waals surface area contributed by atoms with E-state index in [4.69, 9.17) is 10.7 Å². The predicted octanol–water partition coefficient (Wildman–Crippen LogP) is 3.76. The van der Waals surface area contributed by atoms with Gasteiger partial charge in [0.05, 0.1) is 5.69 Å². The first-order valence-electron chi connectivity index (χ1n) is 6.47. The Morgan fingerprint density at radius 2 is 1.94 bits per heavy atom. The summed E-state index contributed by atoms with van der Waals surface area (Å²) >= 11 is 1.78. The highest BCUT2D eigenvalue weighted by Crippen LogP contribution is 2.37. The molecule has 0 aliphatic heterocycles. The highest BCUT2D eigenvalue weighted by molar-refractivity contribution is 7.15. The van der Waals surface area contributed by atoms with E-state index in [-0.39, 0.29) is 6.04 Å². The van der Waals surface area contributed by atoms with Gasteiger partial charge in [0.2, 0.25) is 0 Å². The minimum atomic E-state index is 0.200. The number of hydrogen-bond donors (Lipinski definition) is 1. The van der Waals surface area contributed by atoms with Gasteiger partial charge in [-0.1, -0.05) is 17.2 Å². The lowest BCUT2D eigenvalue weighted by Crippen LogP contribution is -2.15. The third-order valence-corrected chi connectivity index (χ3v) is 4.74. The van der Waals surface area contributed by atoms with Gasteiger partial charge in [-0.15, -0.1) is 11.3 Å². The molecule has 0 fully saturated rings. The van der Waals surface area contributed by atoms with Crippen LogP contribution in [0.15, 0.2) is 18.2 Å². The standard InChI is InChI=1S/C15H18N2S/c1-9-6-10(2)8-11(7-9)15-17-13-5-3-4-12(16)14(13)18-15/h6-8,12H,3-5,16H2,1-2H3. The Balaban J connectivity index is 2.07. The van der Waals surface area contributed by atoms with E-state index in [1.54, 1.807) is 11.3 Å². The van der Waals surface area contributed by atoms with Crippen LogP contribution in [0.4, 0.5) is 0 Å². The van der Waals surface area contributed by atoms with Gasteiger partial charge in [0.15, 0.2) is 0 Å². The maximum atomic E-state index is 6.17. The molecule has 1 aromatic heterocycles. The number of thiazole rings is 1. The van der Waals surface area contributed by atoms with Gasteiger partial charge in [0.25, 0.3) is 0 Å². The second-order valence-electron chi connectivity index (χ2n) is 5.21. The Morgan fingerprint density at radius 3 is 2.61 bits per heavy atom. The molecule has 0 radical (unpaired) electrons. The molecular formula is C15H18N2S. The summed E-state index contributed by atoms with van der Waals surface area (Å²) in [6.07, 6.45) is 3.36. The molecule has 1 aliphatic rings. The maximum absolute atomic E-state index is 6.17. The van der Waals surface area contributed by atoms with Gasteiger partial charge in [-0.05, 0) is 45.2 Å². The van der Waals surface area contributed by atoms with Crippen LogP contribution in [0.1, 0.15) is 40.6 Å². The minimum Gasteiger partial charge on any atom is -0.323 e. The van der Waals surface area contributed by atoms with Gasteiger partial charge in [-0.2, -0.15) is 0 Å². The average molecular weight is 258 g/mol. The normalized spacial score (nSPS) is 18.7. The van der Waals surface area contributed by atoms with Gasteiger partial charge < -0.3 is 5.73 Å². The SMILES string of the molecule is Cc1cc(C)cc(-c2nc3c(s2)C(N)CCC3)c1. The van der Waals surface area contributed by atoms with Crippen LogP contribution in [0.25, 0.3) is 10.6 Å². The summed E-state index contributed by atoms with van der Waals surface area (Å²) in [5.41, 5.74) is 11.2. The van der Waals surface area contributed by atoms with Crippen LogP contribution < -0.4 is 5.73 Å². The molecule has 2 N–H and O–H groups in total. The molecule has 0 amide bonds. The lowest BCUT2D eigenvalue weighted by Gasteiger charge is -2.15. The van der Waals surface area contributed by atoms with Crippen molar-refractivity contribution in [3.8, 4) is 10.6 Å². The van der Waals surface area contributed by atoms with Crippen LogP contribution in [0.2, 0.25) is 0 Å². The van der Waals surface area contributed by atoms with E-state index in [9.17, 15) is 0 Å². The van der Waals surface area contributed by atoms with Crippen molar-refractivity contribution in [2.45, 2.75) is 39.2 Å². The first-order valence-corrected chi connectivity index (χ1v) is 7.29. The van der Waals surface area contributed by atoms with Gasteiger partial charge in [0.1, 0.15) is 5.01 Å². The predicted molar refractivity (Wildman–Crippen MR) is 76.9 cm³/mol. The number of aromatic nitrogens is 1. The summed E-state index contributed by atoms with van der Waals surface area (Å²) < 4.78 is 0. The maximum Gasteiger partial charge on any atom is 0.123 e. The van der Waals surface area contributed by atoms with Crippen LogP contribution in [0, 0.1) is 13.8 Å². The highest BCUT2D eigenvalue weighted by atomic mass is 32.1. The monoisotopic (exact) mass is 258 g/mol. The molecule has 3 rings (SSSR count). The van der Waals surface area contributed by atoms with Crippen molar-refractivity contribution >= 4 is 11.3 Å². The molecule has 1 atom stereocenters. The molecule has 3 heteroatoms. The molecule has 94 valence electrons. The molecule has 2 nitrogen and oxygen atoms in total. The van der Waals surface area contributed by atoms with Gasteiger partial charge in [-0.3, -0.25) is 0 Å². The second kappa shape index (κ2) is 4.48. The molecule has 0 bridgehead atoms. The molecule has 18 heavy (non-hydrogen) atoms. The number of fused-ring (bicyclic) bond motifs is 1. The summed E-state index contributed by atoms with van der Waals surface area (Å²) in [5.74, 6) is 0. The zero-order valence-corrected chi connectivity index (χ0v) is 11.7. The summed E-state index contributed by atoms with van der Waals surface area (Å²) in [6.45, 7) is 4.27. The van der Waals surface area contributed by atoms with Crippen LogP contribution in [-0.2, 0) is 6.42 Å². The van der Waals surface area contributed by atoms with E-state index < -0.39 is 0 Å². The Morgan fingerprint density at radius 1 is 1.22 bits per heavy atom. The summed E-state index contributed by atoms with van der Waals surface area (Å²) in [5, 5.41) is 1.13. The van der Waals surface area contributed by atoms with Crippen molar-refractivity contribution in [3.63, 3.8) is 0 Å². The van der Waals surface area contributed by atoms with Crippen molar-refractivity contribution in [2.75, 3.05) is 0 Å². The molecule has 1 aromatic carbocycles. The van der Waals surface area contributed by atoms with E-state index in [2.05, 4.69) is 32.0 Å². The molecule has 2 aromatic rings. The fourth-order valence-corrected chi connectivity index (χ4v) is 3.81. The van der Waals surface area contributed by atoms with E-state index in [0.717, 1.165) is 17.8 Å². The zero-order valence-electron chi connectivity index (χ0n) is 10.9. The van der Waals surface area contributed by atoms with Crippen LogP contribution >= 0.6 is 11.3 Å². The first-order chi connectivity index (χ1) is 8.63. The van der Waals surface area contributed by atoms with Crippen LogP contribution in [0.5, 0.6) is 0 Å². The number of benzene rings is 1. The fraction of sp³-hybridized carbons (Fsp3) is 0.400. The van der Waals surface area contributed by atoms with Gasteiger partial charge in [0, 0.05) is 16.5 Å². The molecular weight excluding hydrogens is 240 g/mol. The molecule has 1 aliphatic carbocycles. The first kappa shape index (κ1) is 11.9. The topological polar surface area (TPSA) is 38.9 Å². The largest absolute Gasteiger partial charge is 0.323 e. The van der Waals surface area contributed by atoms with Crippen molar-refractivity contribution < 1.29 is 0 Å². The van der Waals surface area contributed by atoms with Gasteiger partial charge in [-0.25, -0.2) is 4.98 Å². The quantitative estimate of drug-likeness (QED) is 0.845. The van der Waals surface area contributed by atoms with E-state index >= 15 is 0 Å². The lowest BCUT2D eigenvalue weighted by atomic mass is 9.99. The second-order valence-corrected chi connectivity index (χ2v) is 6.24. The van der Waals surface area contributed by atoms with Crippen LogP contribution in [-0.4, -0.2) is 4.98 Å².